The molecule has 1 aliphatic heterocycles. The first kappa shape index (κ1) is 29.1. The van der Waals surface area contributed by atoms with Crippen molar-refractivity contribution in [3.63, 3.8) is 0 Å². The maximum absolute atomic E-state index is 14.2. The standard InChI is InChI=1S/C22H17ClF6N6O4S/c1-10-17(9-34(33-10)21(25)26)40(38,39)35-8-12(32-20(37)22(27,28)29)5-15-16(35)6-11(7-30-15)31-19(36)18-13(23)3-2-4-14(18)24/h2-4,6-7,9,12,21H,5,8H2,1H3,(H,31,36)(H,32,37)/t12-/m0/s1. The molecular formula is C22H17ClF6N6O4S. The predicted molar refractivity (Wildman–Crippen MR) is 128 cm³/mol. The van der Waals surface area contributed by atoms with Gasteiger partial charge in [-0.3, -0.25) is 18.9 Å². The van der Waals surface area contributed by atoms with Gasteiger partial charge in [-0.15, -0.1) is 0 Å². The van der Waals surface area contributed by atoms with Crippen LogP contribution < -0.4 is 14.9 Å². The van der Waals surface area contributed by atoms with Gasteiger partial charge in [0.05, 0.1) is 58.3 Å². The van der Waals surface area contributed by atoms with Gasteiger partial charge in [0.15, 0.2) is 0 Å². The summed E-state index contributed by atoms with van der Waals surface area (Å²) in [6.07, 6.45) is -4.04. The number of hydrogen-bond acceptors (Lipinski definition) is 6. The van der Waals surface area contributed by atoms with Crippen molar-refractivity contribution in [1.82, 2.24) is 20.1 Å². The van der Waals surface area contributed by atoms with Crippen LogP contribution in [0.1, 0.15) is 28.3 Å². The van der Waals surface area contributed by atoms with Crippen molar-refractivity contribution < 1.29 is 44.3 Å². The molecule has 0 radical (unpaired) electrons. The molecule has 10 nitrogen and oxygen atoms in total. The summed E-state index contributed by atoms with van der Waals surface area (Å²) in [5, 5.41) is 7.24. The number of halogens is 7. The molecule has 214 valence electrons. The van der Waals surface area contributed by atoms with Crippen LogP contribution in [0.2, 0.25) is 5.02 Å². The van der Waals surface area contributed by atoms with E-state index < -0.39 is 63.4 Å². The van der Waals surface area contributed by atoms with Gasteiger partial charge in [-0.1, -0.05) is 17.7 Å². The summed E-state index contributed by atoms with van der Waals surface area (Å²) in [5.74, 6) is -4.29. The number of sulfonamides is 1. The van der Waals surface area contributed by atoms with Crippen LogP contribution >= 0.6 is 11.6 Å². The van der Waals surface area contributed by atoms with Crippen molar-refractivity contribution in [2.24, 2.45) is 0 Å². The molecule has 0 aliphatic carbocycles. The molecule has 0 saturated carbocycles. The van der Waals surface area contributed by atoms with Gasteiger partial charge in [-0.05, 0) is 25.1 Å². The summed E-state index contributed by atoms with van der Waals surface area (Å²) in [7, 11) is -4.78. The highest BCUT2D eigenvalue weighted by molar-refractivity contribution is 7.92. The Kier molecular flexibility index (Phi) is 7.72. The van der Waals surface area contributed by atoms with E-state index in [2.05, 4.69) is 15.4 Å². The van der Waals surface area contributed by atoms with Crippen molar-refractivity contribution >= 4 is 44.8 Å². The number of nitrogens with zero attached hydrogens (tertiary/aromatic N) is 4. The number of amides is 2. The second kappa shape index (κ2) is 10.6. The number of benzene rings is 1. The van der Waals surface area contributed by atoms with Gasteiger partial charge in [0, 0.05) is 6.42 Å². The Bertz CT molecular complexity index is 1580. The fourth-order valence-electron chi connectivity index (χ4n) is 3.96. The molecule has 0 fully saturated rings. The Morgan fingerprint density at radius 1 is 1.23 bits per heavy atom. The van der Waals surface area contributed by atoms with Gasteiger partial charge in [-0.25, -0.2) is 17.5 Å². The van der Waals surface area contributed by atoms with E-state index in [-0.39, 0.29) is 38.9 Å². The minimum Gasteiger partial charge on any atom is -0.343 e. The van der Waals surface area contributed by atoms with Crippen LogP contribution in [-0.4, -0.2) is 53.8 Å². The van der Waals surface area contributed by atoms with E-state index >= 15 is 0 Å². The molecule has 1 atom stereocenters. The van der Waals surface area contributed by atoms with Crippen LogP contribution in [0.3, 0.4) is 0 Å². The summed E-state index contributed by atoms with van der Waals surface area (Å²) in [6.45, 7) is -2.81. The predicted octanol–water partition coefficient (Wildman–Crippen LogP) is 3.82. The van der Waals surface area contributed by atoms with E-state index in [0.717, 1.165) is 25.3 Å². The molecule has 4 rings (SSSR count). The van der Waals surface area contributed by atoms with Gasteiger partial charge in [0.1, 0.15) is 10.7 Å². The smallest absolute Gasteiger partial charge is 0.343 e. The summed E-state index contributed by atoms with van der Waals surface area (Å²) >= 11 is 5.91. The fourth-order valence-corrected chi connectivity index (χ4v) is 5.89. The highest BCUT2D eigenvalue weighted by Gasteiger charge is 2.43. The average Bonchev–Trinajstić information content (AvgIpc) is 3.26. The summed E-state index contributed by atoms with van der Waals surface area (Å²) in [4.78, 5) is 27.6. The molecule has 0 saturated heterocycles. The quantitative estimate of drug-likeness (QED) is 0.409. The number of fused-ring (bicyclic) bond motifs is 1. The summed E-state index contributed by atoms with van der Waals surface area (Å²) in [6, 6.07) is 3.19. The Hall–Kier alpha value is -3.86. The zero-order valence-corrected chi connectivity index (χ0v) is 21.6. The largest absolute Gasteiger partial charge is 0.471 e. The van der Waals surface area contributed by atoms with E-state index in [9.17, 15) is 44.3 Å². The average molecular weight is 611 g/mol. The van der Waals surface area contributed by atoms with E-state index in [1.54, 1.807) is 5.32 Å². The lowest BCUT2D eigenvalue weighted by atomic mass is 10.0. The van der Waals surface area contributed by atoms with Crippen LogP contribution in [-0.2, 0) is 21.2 Å². The number of carbonyl (C=O) groups is 2. The third-order valence-corrected chi connectivity index (χ3v) is 7.92. The maximum Gasteiger partial charge on any atom is 0.471 e. The van der Waals surface area contributed by atoms with Gasteiger partial charge < -0.3 is 10.6 Å². The minimum absolute atomic E-state index is 0.0863. The van der Waals surface area contributed by atoms with Crippen LogP contribution in [0.5, 0.6) is 0 Å². The van der Waals surface area contributed by atoms with Crippen molar-refractivity contribution in [3.05, 3.63) is 64.5 Å². The number of nitrogens with one attached hydrogen (secondary N) is 2. The van der Waals surface area contributed by atoms with Crippen molar-refractivity contribution in [2.75, 3.05) is 16.2 Å². The Labute approximate surface area is 227 Å². The number of anilines is 2. The fraction of sp³-hybridized carbons (Fsp3) is 0.273. The van der Waals surface area contributed by atoms with Crippen molar-refractivity contribution in [3.8, 4) is 0 Å². The number of alkyl halides is 5. The SMILES string of the molecule is Cc1nn(C(F)F)cc1S(=O)(=O)N1C[C@@H](NC(=O)C(F)(F)F)Cc2ncc(NC(=O)c3c(F)cccc3Cl)cc21. The van der Waals surface area contributed by atoms with Crippen molar-refractivity contribution in [2.45, 2.75) is 37.0 Å². The summed E-state index contributed by atoms with van der Waals surface area (Å²) < 4.78 is 107. The molecule has 40 heavy (non-hydrogen) atoms. The minimum atomic E-state index is -5.27. The van der Waals surface area contributed by atoms with E-state index in [0.29, 0.717) is 10.5 Å². The lowest BCUT2D eigenvalue weighted by Gasteiger charge is -2.35. The zero-order chi connectivity index (χ0) is 29.6. The molecule has 2 N–H and O–H groups in total. The Balaban J connectivity index is 1.76. The van der Waals surface area contributed by atoms with E-state index in [1.807, 2.05) is 0 Å². The van der Waals surface area contributed by atoms with Gasteiger partial charge in [0.25, 0.3) is 15.9 Å². The van der Waals surface area contributed by atoms with Crippen LogP contribution in [0.15, 0.2) is 41.6 Å². The summed E-state index contributed by atoms with van der Waals surface area (Å²) in [5.41, 5.74) is -1.35. The third-order valence-electron chi connectivity index (χ3n) is 5.72. The molecule has 3 heterocycles. The Morgan fingerprint density at radius 2 is 1.93 bits per heavy atom. The molecule has 1 aromatic carbocycles. The normalized spacial score (nSPS) is 15.6. The van der Waals surface area contributed by atoms with Gasteiger partial charge in [0.2, 0.25) is 0 Å². The molecule has 18 heteroatoms. The molecule has 0 unspecified atom stereocenters. The first-order valence-electron chi connectivity index (χ1n) is 11.1. The number of hydrogen-bond donors (Lipinski definition) is 2. The molecule has 0 bridgehead atoms. The lowest BCUT2D eigenvalue weighted by Crippen LogP contribution is -2.53. The molecule has 1 aliphatic rings. The topological polar surface area (TPSA) is 126 Å². The van der Waals surface area contributed by atoms with Gasteiger partial charge >= 0.3 is 18.6 Å². The number of rotatable bonds is 6. The number of pyridine rings is 1. The highest BCUT2D eigenvalue weighted by Crippen LogP contribution is 2.35. The molecule has 2 amide bonds. The van der Waals surface area contributed by atoms with Crippen LogP contribution in [0, 0.1) is 12.7 Å². The highest BCUT2D eigenvalue weighted by atomic mass is 35.5. The first-order chi connectivity index (χ1) is 18.6. The third kappa shape index (κ3) is 5.70. The number of aromatic nitrogens is 3. The number of carbonyl (C=O) groups excluding carboxylic acids is 2. The van der Waals surface area contributed by atoms with Crippen LogP contribution in [0.4, 0.5) is 37.7 Å². The number of aryl methyl sites for hydroxylation is 1. The zero-order valence-electron chi connectivity index (χ0n) is 20.0. The second-order valence-electron chi connectivity index (χ2n) is 8.49. The maximum atomic E-state index is 14.2. The van der Waals surface area contributed by atoms with Gasteiger partial charge in [-0.2, -0.15) is 27.1 Å². The second-order valence-corrected chi connectivity index (χ2v) is 10.7. The molecule has 0 spiro atoms. The van der Waals surface area contributed by atoms with Crippen LogP contribution in [0.25, 0.3) is 0 Å². The first-order valence-corrected chi connectivity index (χ1v) is 12.9. The van der Waals surface area contributed by atoms with Crippen molar-refractivity contribution in [1.29, 1.82) is 0 Å². The Morgan fingerprint density at radius 3 is 2.52 bits per heavy atom. The monoisotopic (exact) mass is 610 g/mol. The van der Waals surface area contributed by atoms with E-state index in [4.69, 9.17) is 11.6 Å². The molecule has 2 aromatic heterocycles. The molecule has 3 aromatic rings. The molecular weight excluding hydrogens is 594 g/mol. The van der Waals surface area contributed by atoms with E-state index in [1.165, 1.54) is 12.1 Å². The lowest BCUT2D eigenvalue weighted by molar-refractivity contribution is -0.174.